The highest BCUT2D eigenvalue weighted by Gasteiger charge is 2.30. The van der Waals surface area contributed by atoms with Gasteiger partial charge in [0.25, 0.3) is 0 Å². The Bertz CT molecular complexity index is 374. The van der Waals surface area contributed by atoms with Crippen molar-refractivity contribution in [1.82, 2.24) is 0 Å². The molecule has 0 spiro atoms. The van der Waals surface area contributed by atoms with E-state index in [4.69, 9.17) is 17.0 Å². The smallest absolute Gasteiger partial charge is 0.310 e. The Labute approximate surface area is 115 Å². The maximum absolute atomic E-state index is 11.5. The van der Waals surface area contributed by atoms with Gasteiger partial charge in [0, 0.05) is 5.37 Å². The molecule has 0 saturated heterocycles. The first kappa shape index (κ1) is 15.1. The third-order valence-electron chi connectivity index (χ3n) is 2.73. The molecule has 2 nitrogen and oxygen atoms in total. The highest BCUT2D eigenvalue weighted by molar-refractivity contribution is 7.79. The number of carbonyl (C=O) groups excluding carboxylic acids is 1. The van der Waals surface area contributed by atoms with Gasteiger partial charge in [-0.25, -0.2) is 0 Å². The van der Waals surface area contributed by atoms with E-state index in [1.54, 1.807) is 5.37 Å². The van der Waals surface area contributed by atoms with E-state index >= 15 is 0 Å². The summed E-state index contributed by atoms with van der Waals surface area (Å²) in [6.45, 7) is 7.83. The van der Waals surface area contributed by atoms with Crippen molar-refractivity contribution in [3.63, 3.8) is 0 Å². The first-order chi connectivity index (χ1) is 8.31. The van der Waals surface area contributed by atoms with Crippen LogP contribution in [0, 0.1) is 11.8 Å². The molecule has 0 amide bonds. The third kappa shape index (κ3) is 6.10. The normalized spacial score (nSPS) is 24.1. The first-order valence-corrected chi connectivity index (χ1v) is 6.84. The van der Waals surface area contributed by atoms with Crippen LogP contribution in [-0.4, -0.2) is 16.9 Å². The van der Waals surface area contributed by atoms with E-state index in [1.807, 2.05) is 32.9 Å². The van der Waals surface area contributed by atoms with E-state index in [2.05, 4.69) is 13.0 Å². The maximum atomic E-state index is 11.5. The van der Waals surface area contributed by atoms with E-state index in [0.717, 1.165) is 11.5 Å². The Morgan fingerprint density at radius 2 is 2.06 bits per heavy atom. The summed E-state index contributed by atoms with van der Waals surface area (Å²) in [7, 11) is 0. The number of thiocarbonyl (C=S) groups is 1. The second-order valence-electron chi connectivity index (χ2n) is 5.85. The van der Waals surface area contributed by atoms with Gasteiger partial charge in [-0.2, -0.15) is 0 Å². The van der Waals surface area contributed by atoms with E-state index in [0.29, 0.717) is 5.92 Å². The molecular formula is C15H22O2S. The number of hydrogen-bond acceptors (Lipinski definition) is 3. The minimum absolute atomic E-state index is 0.206. The van der Waals surface area contributed by atoms with Gasteiger partial charge in [0.1, 0.15) is 5.60 Å². The van der Waals surface area contributed by atoms with Gasteiger partial charge in [-0.15, -0.1) is 0 Å². The van der Waals surface area contributed by atoms with Crippen molar-refractivity contribution >= 4 is 23.6 Å². The summed E-state index contributed by atoms with van der Waals surface area (Å²) in [4.78, 5) is 11.5. The van der Waals surface area contributed by atoms with Crippen molar-refractivity contribution in [2.45, 2.75) is 46.1 Å². The van der Waals surface area contributed by atoms with Gasteiger partial charge in [-0.3, -0.25) is 4.79 Å². The zero-order chi connectivity index (χ0) is 13.8. The highest BCUT2D eigenvalue weighted by atomic mass is 32.1. The Morgan fingerprint density at radius 1 is 1.44 bits per heavy atom. The number of hydrogen-bond donors (Lipinski definition) is 0. The van der Waals surface area contributed by atoms with Crippen LogP contribution in [0.5, 0.6) is 0 Å². The summed E-state index contributed by atoms with van der Waals surface area (Å²) in [5.41, 5.74) is 0.597. The Morgan fingerprint density at radius 3 is 2.50 bits per heavy atom. The van der Waals surface area contributed by atoms with Crippen molar-refractivity contribution in [2.75, 3.05) is 0 Å². The van der Waals surface area contributed by atoms with Crippen LogP contribution >= 0.6 is 12.2 Å². The molecule has 0 aromatic carbocycles. The van der Waals surface area contributed by atoms with Crippen molar-refractivity contribution in [3.05, 3.63) is 23.8 Å². The molecule has 0 aromatic rings. The maximum Gasteiger partial charge on any atom is 0.310 e. The molecule has 1 aliphatic carbocycles. The number of allylic oxidation sites excluding steroid dienone is 3. The number of ether oxygens (including phenoxy) is 1. The van der Waals surface area contributed by atoms with Crippen molar-refractivity contribution < 1.29 is 9.53 Å². The third-order valence-corrected chi connectivity index (χ3v) is 3.00. The van der Waals surface area contributed by atoms with Gasteiger partial charge >= 0.3 is 5.97 Å². The Hall–Kier alpha value is -0.960. The number of carbonyl (C=O) groups is 1. The lowest BCUT2D eigenvalue weighted by atomic mass is 10.2. The van der Waals surface area contributed by atoms with Crippen molar-refractivity contribution in [3.8, 4) is 0 Å². The predicted octanol–water partition coefficient (Wildman–Crippen LogP) is 3.86. The highest BCUT2D eigenvalue weighted by Crippen LogP contribution is 2.39. The molecule has 0 radical (unpaired) electrons. The Balaban J connectivity index is 2.41. The van der Waals surface area contributed by atoms with Crippen molar-refractivity contribution in [2.24, 2.45) is 11.8 Å². The molecule has 1 aliphatic rings. The molecule has 100 valence electrons. The summed E-state index contributed by atoms with van der Waals surface area (Å²) in [6.07, 6.45) is 7.44. The van der Waals surface area contributed by atoms with Gasteiger partial charge in [-0.05, 0) is 44.6 Å². The van der Waals surface area contributed by atoms with Gasteiger partial charge < -0.3 is 4.74 Å². The summed E-state index contributed by atoms with van der Waals surface area (Å²) < 4.78 is 5.22. The van der Waals surface area contributed by atoms with Crippen LogP contribution in [-0.2, 0) is 9.53 Å². The van der Waals surface area contributed by atoms with E-state index < -0.39 is 5.60 Å². The minimum Gasteiger partial charge on any atom is -0.460 e. The fourth-order valence-electron chi connectivity index (χ4n) is 1.64. The van der Waals surface area contributed by atoms with E-state index in [9.17, 15) is 4.79 Å². The summed E-state index contributed by atoms with van der Waals surface area (Å²) in [5, 5.41) is 1.66. The number of esters is 1. The molecule has 0 aliphatic heterocycles. The minimum atomic E-state index is -0.419. The van der Waals surface area contributed by atoms with Crippen LogP contribution in [0.1, 0.15) is 40.5 Å². The lowest BCUT2D eigenvalue weighted by Crippen LogP contribution is -2.23. The van der Waals surface area contributed by atoms with Gasteiger partial charge in [0.2, 0.25) is 0 Å². The fourth-order valence-corrected chi connectivity index (χ4v) is 1.80. The van der Waals surface area contributed by atoms with Crippen molar-refractivity contribution in [1.29, 1.82) is 0 Å². The van der Waals surface area contributed by atoms with Gasteiger partial charge in [0.15, 0.2) is 0 Å². The molecule has 2 atom stereocenters. The topological polar surface area (TPSA) is 26.3 Å². The fraction of sp³-hybridized carbons (Fsp3) is 0.600. The molecule has 1 saturated carbocycles. The predicted molar refractivity (Wildman–Crippen MR) is 78.6 cm³/mol. The lowest BCUT2D eigenvalue weighted by Gasteiger charge is -2.18. The van der Waals surface area contributed by atoms with Crippen LogP contribution in [0.3, 0.4) is 0 Å². The van der Waals surface area contributed by atoms with E-state index in [1.165, 1.54) is 6.42 Å². The standard InChI is InChI=1S/C15H22O2S/c1-11-8-13(11)9-12(10-18)6-5-7-14(16)17-15(2,3)4/h5-6,9-11,13H,7-8H2,1-4H3. The zero-order valence-electron chi connectivity index (χ0n) is 11.6. The zero-order valence-corrected chi connectivity index (χ0v) is 12.4. The largest absolute Gasteiger partial charge is 0.460 e. The molecule has 0 bridgehead atoms. The molecule has 1 rings (SSSR count). The summed E-state index contributed by atoms with van der Waals surface area (Å²) in [6, 6.07) is 0. The van der Waals surface area contributed by atoms with Gasteiger partial charge in [0.05, 0.1) is 6.42 Å². The summed E-state index contributed by atoms with van der Waals surface area (Å²) >= 11 is 4.96. The SMILES string of the molecule is CC1CC1C=C(C=S)C=CCC(=O)OC(C)(C)C. The summed E-state index contributed by atoms with van der Waals surface area (Å²) in [5.74, 6) is 1.22. The molecule has 2 unspecified atom stereocenters. The quantitative estimate of drug-likeness (QED) is 0.327. The second-order valence-corrected chi connectivity index (χ2v) is 6.09. The van der Waals surface area contributed by atoms with Gasteiger partial charge in [-0.1, -0.05) is 37.4 Å². The van der Waals surface area contributed by atoms with E-state index in [-0.39, 0.29) is 12.4 Å². The monoisotopic (exact) mass is 266 g/mol. The molecule has 0 N–H and O–H groups in total. The molecule has 1 fully saturated rings. The van der Waals surface area contributed by atoms with Crippen LogP contribution in [0.25, 0.3) is 0 Å². The van der Waals surface area contributed by atoms with Crippen LogP contribution in [0.15, 0.2) is 23.8 Å². The van der Waals surface area contributed by atoms with Crippen LogP contribution in [0.2, 0.25) is 0 Å². The average molecular weight is 266 g/mol. The average Bonchev–Trinajstić information content (AvgIpc) is 2.90. The molecule has 3 heteroatoms. The lowest BCUT2D eigenvalue weighted by molar-refractivity contribution is -0.153. The van der Waals surface area contributed by atoms with Crippen LogP contribution in [0.4, 0.5) is 0 Å². The van der Waals surface area contributed by atoms with Crippen LogP contribution < -0.4 is 0 Å². The molecule has 0 aromatic heterocycles. The molecular weight excluding hydrogens is 244 g/mol. The second kappa shape index (κ2) is 6.28. The molecule has 18 heavy (non-hydrogen) atoms. The molecule has 0 heterocycles. The Kier molecular flexibility index (Phi) is 5.27. The number of rotatable bonds is 5. The first-order valence-electron chi connectivity index (χ1n) is 6.37.